The average molecular weight is 170 g/mol. The van der Waals surface area contributed by atoms with Crippen LogP contribution in [-0.4, -0.2) is 22.3 Å². The fraction of sp³-hybridized carbons (Fsp3) is 0.250. The minimum absolute atomic E-state index is 0.470. The van der Waals surface area contributed by atoms with E-state index in [9.17, 15) is 0 Å². The van der Waals surface area contributed by atoms with E-state index >= 15 is 0 Å². The lowest BCUT2D eigenvalue weighted by atomic mass is 10.7. The minimum Gasteiger partial charge on any atom is -0.392 e. The van der Waals surface area contributed by atoms with Crippen molar-refractivity contribution >= 4 is 8.56 Å². The van der Waals surface area contributed by atoms with Gasteiger partial charge in [-0.2, -0.15) is 0 Å². The Hall–Kier alpha value is -0.643. The van der Waals surface area contributed by atoms with Crippen LogP contribution in [0.1, 0.15) is 0 Å². The van der Waals surface area contributed by atoms with E-state index in [0.717, 1.165) is 0 Å². The minimum atomic E-state index is -2.28. The molecular formula is C8H14O2Si. The molecule has 3 heteroatoms. The Bertz CT molecular complexity index is 146. The predicted molar refractivity (Wildman–Crippen MR) is 49.3 cm³/mol. The highest BCUT2D eigenvalue weighted by atomic mass is 28.4. The van der Waals surface area contributed by atoms with Gasteiger partial charge in [-0.15, -0.1) is 19.7 Å². The van der Waals surface area contributed by atoms with Gasteiger partial charge in [-0.1, -0.05) is 6.08 Å². The fourth-order valence-corrected chi connectivity index (χ4v) is 1.85. The van der Waals surface area contributed by atoms with Crippen LogP contribution in [0.25, 0.3) is 0 Å². The fourth-order valence-electron chi connectivity index (χ4n) is 0.616. The van der Waals surface area contributed by atoms with Gasteiger partial charge in [0.1, 0.15) is 0 Å². The van der Waals surface area contributed by atoms with E-state index in [1.807, 2.05) is 0 Å². The summed E-state index contributed by atoms with van der Waals surface area (Å²) in [5, 5.41) is 0. The summed E-state index contributed by atoms with van der Waals surface area (Å²) in [6, 6.07) is 0. The number of hydrogen-bond donors (Lipinski definition) is 0. The summed E-state index contributed by atoms with van der Waals surface area (Å²) in [7, 11) is -0.686. The van der Waals surface area contributed by atoms with Gasteiger partial charge >= 0.3 is 8.56 Å². The molecule has 0 N–H and O–H groups in total. The number of rotatable bonds is 6. The van der Waals surface area contributed by atoms with E-state index in [0.29, 0.717) is 6.61 Å². The van der Waals surface area contributed by atoms with Gasteiger partial charge in [0.2, 0.25) is 0 Å². The Morgan fingerprint density at radius 2 is 1.82 bits per heavy atom. The van der Waals surface area contributed by atoms with E-state index in [2.05, 4.69) is 19.7 Å². The summed E-state index contributed by atoms with van der Waals surface area (Å²) < 4.78 is 10.6. The van der Waals surface area contributed by atoms with E-state index in [1.54, 1.807) is 24.6 Å². The molecule has 0 amide bonds. The van der Waals surface area contributed by atoms with Crippen molar-refractivity contribution in [3.05, 3.63) is 37.2 Å². The lowest BCUT2D eigenvalue weighted by Gasteiger charge is -2.20. The standard InChI is InChI=1S/C8H14O2Si/c1-5-8-10-11(6-2,7-3)9-4/h5-7H,1-3,8H2,4H3. The monoisotopic (exact) mass is 170 g/mol. The van der Waals surface area contributed by atoms with Crippen molar-refractivity contribution in [2.75, 3.05) is 13.7 Å². The average Bonchev–Trinajstić information content (AvgIpc) is 2.08. The Morgan fingerprint density at radius 3 is 2.09 bits per heavy atom. The summed E-state index contributed by atoms with van der Waals surface area (Å²) in [6.45, 7) is 11.3. The molecular weight excluding hydrogens is 156 g/mol. The highest BCUT2D eigenvalue weighted by Crippen LogP contribution is 2.07. The molecule has 0 aromatic rings. The normalized spacial score (nSPS) is 10.6. The third-order valence-corrected chi connectivity index (χ3v) is 3.71. The second-order valence-corrected chi connectivity index (χ2v) is 4.89. The highest BCUT2D eigenvalue weighted by Gasteiger charge is 2.27. The van der Waals surface area contributed by atoms with Crippen molar-refractivity contribution < 1.29 is 8.85 Å². The molecule has 0 saturated carbocycles. The molecule has 0 radical (unpaired) electrons. The molecule has 0 heterocycles. The van der Waals surface area contributed by atoms with Crippen LogP contribution < -0.4 is 0 Å². The van der Waals surface area contributed by atoms with Crippen LogP contribution in [-0.2, 0) is 8.85 Å². The summed E-state index contributed by atoms with van der Waals surface area (Å²) in [6.07, 6.45) is 1.67. The molecule has 2 nitrogen and oxygen atoms in total. The third-order valence-electron chi connectivity index (χ3n) is 1.31. The first-order valence-electron chi connectivity index (χ1n) is 3.32. The van der Waals surface area contributed by atoms with Gasteiger partial charge in [0.25, 0.3) is 0 Å². The van der Waals surface area contributed by atoms with Gasteiger partial charge in [-0.05, 0) is 11.4 Å². The van der Waals surface area contributed by atoms with E-state index in [4.69, 9.17) is 8.85 Å². The Morgan fingerprint density at radius 1 is 1.27 bits per heavy atom. The lowest BCUT2D eigenvalue weighted by molar-refractivity contribution is 0.245. The summed E-state index contributed by atoms with van der Waals surface area (Å²) in [4.78, 5) is 0. The number of hydrogen-bond acceptors (Lipinski definition) is 2. The van der Waals surface area contributed by atoms with Crippen molar-refractivity contribution in [3.8, 4) is 0 Å². The Balaban J connectivity index is 4.15. The Labute approximate surface area is 69.1 Å². The molecule has 0 aromatic heterocycles. The maximum absolute atomic E-state index is 5.39. The highest BCUT2D eigenvalue weighted by molar-refractivity contribution is 6.77. The second kappa shape index (κ2) is 5.07. The molecule has 0 saturated heterocycles. The molecule has 0 aromatic carbocycles. The maximum atomic E-state index is 5.39. The van der Waals surface area contributed by atoms with Gasteiger partial charge in [-0.3, -0.25) is 0 Å². The van der Waals surface area contributed by atoms with Crippen LogP contribution >= 0.6 is 0 Å². The molecule has 0 spiro atoms. The topological polar surface area (TPSA) is 18.5 Å². The molecule has 0 atom stereocenters. The summed E-state index contributed by atoms with van der Waals surface area (Å²) in [5.41, 5.74) is 3.37. The van der Waals surface area contributed by atoms with Crippen LogP contribution in [0.5, 0.6) is 0 Å². The van der Waals surface area contributed by atoms with Gasteiger partial charge in [-0.25, -0.2) is 0 Å². The summed E-state index contributed by atoms with van der Waals surface area (Å²) in [5.74, 6) is 0. The summed E-state index contributed by atoms with van der Waals surface area (Å²) >= 11 is 0. The van der Waals surface area contributed by atoms with Gasteiger partial charge in [0, 0.05) is 7.11 Å². The van der Waals surface area contributed by atoms with Crippen molar-refractivity contribution in [3.63, 3.8) is 0 Å². The van der Waals surface area contributed by atoms with Crippen molar-refractivity contribution in [2.24, 2.45) is 0 Å². The second-order valence-electron chi connectivity index (χ2n) is 1.93. The lowest BCUT2D eigenvalue weighted by Crippen LogP contribution is -2.37. The third kappa shape index (κ3) is 2.84. The first-order chi connectivity index (χ1) is 5.24. The van der Waals surface area contributed by atoms with Crippen LogP contribution in [0.4, 0.5) is 0 Å². The van der Waals surface area contributed by atoms with Gasteiger partial charge in [0.05, 0.1) is 6.61 Å². The smallest absolute Gasteiger partial charge is 0.390 e. The molecule has 0 rings (SSSR count). The molecule has 11 heavy (non-hydrogen) atoms. The van der Waals surface area contributed by atoms with Gasteiger partial charge in [0.15, 0.2) is 0 Å². The van der Waals surface area contributed by atoms with Crippen LogP contribution in [0.3, 0.4) is 0 Å². The molecule has 62 valence electrons. The van der Waals surface area contributed by atoms with E-state index in [-0.39, 0.29) is 0 Å². The van der Waals surface area contributed by atoms with Crippen LogP contribution in [0.15, 0.2) is 37.2 Å². The van der Waals surface area contributed by atoms with Gasteiger partial charge < -0.3 is 8.85 Å². The predicted octanol–water partition coefficient (Wildman–Crippen LogP) is 1.73. The van der Waals surface area contributed by atoms with Crippen LogP contribution in [0.2, 0.25) is 0 Å². The first-order valence-corrected chi connectivity index (χ1v) is 5.29. The van der Waals surface area contributed by atoms with E-state index < -0.39 is 8.56 Å². The quantitative estimate of drug-likeness (QED) is 0.446. The zero-order valence-electron chi connectivity index (χ0n) is 6.88. The molecule has 0 bridgehead atoms. The Kier molecular flexibility index (Phi) is 4.77. The molecule has 0 unspecified atom stereocenters. The van der Waals surface area contributed by atoms with E-state index in [1.165, 1.54) is 0 Å². The SMILES string of the molecule is C=CCO[Si](C=C)(C=C)OC. The zero-order chi connectivity index (χ0) is 8.74. The largest absolute Gasteiger partial charge is 0.392 e. The molecule has 0 aliphatic rings. The maximum Gasteiger partial charge on any atom is 0.390 e. The van der Waals surface area contributed by atoms with Crippen molar-refractivity contribution in [1.82, 2.24) is 0 Å². The van der Waals surface area contributed by atoms with Crippen molar-refractivity contribution in [1.29, 1.82) is 0 Å². The first kappa shape index (κ1) is 10.4. The molecule has 0 fully saturated rings. The van der Waals surface area contributed by atoms with Crippen LogP contribution in [0, 0.1) is 0 Å². The molecule has 0 aliphatic heterocycles. The molecule has 0 aliphatic carbocycles. The zero-order valence-corrected chi connectivity index (χ0v) is 7.88. The van der Waals surface area contributed by atoms with Crippen molar-refractivity contribution in [2.45, 2.75) is 0 Å².